The Morgan fingerprint density at radius 1 is 1.31 bits per heavy atom. The summed E-state index contributed by atoms with van der Waals surface area (Å²) in [7, 11) is -4.13. The van der Waals surface area contributed by atoms with Crippen LogP contribution in [-0.2, 0) is 14.6 Å². The number of hydrogen-bond donors (Lipinski definition) is 1. The molecular weight excluding hydrogens is 213 g/mol. The van der Waals surface area contributed by atoms with Gasteiger partial charge < -0.3 is 5.11 Å². The first-order chi connectivity index (χ1) is 5.62. The van der Waals surface area contributed by atoms with Crippen molar-refractivity contribution in [1.82, 2.24) is 0 Å². The fraction of sp³-hybridized carbons (Fsp3) is 0.800. The lowest BCUT2D eigenvalue weighted by molar-refractivity contribution is -0.134. The van der Waals surface area contributed by atoms with Gasteiger partial charge in [0, 0.05) is 0 Å². The quantitative estimate of drug-likeness (QED) is 0.746. The molecule has 0 aromatic rings. The summed E-state index contributed by atoms with van der Waals surface area (Å²) >= 11 is 0. The van der Waals surface area contributed by atoms with Gasteiger partial charge in [0.25, 0.3) is 0 Å². The van der Waals surface area contributed by atoms with E-state index < -0.39 is 39.9 Å². The molecule has 0 fully saturated rings. The second-order valence-corrected chi connectivity index (χ2v) is 4.54. The first kappa shape index (κ1) is 12.2. The van der Waals surface area contributed by atoms with Crippen molar-refractivity contribution < 1.29 is 31.5 Å². The molecule has 4 nitrogen and oxygen atoms in total. The second kappa shape index (κ2) is 3.95. The number of rotatable bonds is 4. The van der Waals surface area contributed by atoms with E-state index in [0.717, 1.165) is 0 Å². The van der Waals surface area contributed by atoms with Gasteiger partial charge in [-0.15, -0.1) is 0 Å². The highest BCUT2D eigenvalue weighted by molar-refractivity contribution is 7.92. The molecule has 0 saturated carbocycles. The van der Waals surface area contributed by atoms with E-state index in [4.69, 9.17) is 5.11 Å². The van der Waals surface area contributed by atoms with Gasteiger partial charge in [-0.1, -0.05) is 0 Å². The highest BCUT2D eigenvalue weighted by Gasteiger charge is 2.30. The van der Waals surface area contributed by atoms with E-state index in [2.05, 4.69) is 0 Å². The third-order valence-corrected chi connectivity index (χ3v) is 2.55. The molecule has 13 heavy (non-hydrogen) atoms. The zero-order valence-corrected chi connectivity index (χ0v) is 7.15. The zero-order valence-electron chi connectivity index (χ0n) is 6.34. The van der Waals surface area contributed by atoms with E-state index >= 15 is 0 Å². The van der Waals surface area contributed by atoms with E-state index in [9.17, 15) is 26.4 Å². The molecule has 0 bridgehead atoms. The summed E-state index contributed by atoms with van der Waals surface area (Å²) in [5.41, 5.74) is 0. The van der Waals surface area contributed by atoms with Gasteiger partial charge >= 0.3 is 12.1 Å². The molecule has 0 saturated heterocycles. The third-order valence-electron chi connectivity index (χ3n) is 1.04. The van der Waals surface area contributed by atoms with Crippen molar-refractivity contribution in [1.29, 1.82) is 0 Å². The van der Waals surface area contributed by atoms with Crippen molar-refractivity contribution in [3.05, 3.63) is 0 Å². The van der Waals surface area contributed by atoms with Crippen molar-refractivity contribution in [2.24, 2.45) is 0 Å². The highest BCUT2D eigenvalue weighted by atomic mass is 32.2. The van der Waals surface area contributed by atoms with Crippen molar-refractivity contribution in [3.63, 3.8) is 0 Å². The summed E-state index contributed by atoms with van der Waals surface area (Å²) in [5, 5.41) is 8.02. The van der Waals surface area contributed by atoms with E-state index in [-0.39, 0.29) is 0 Å². The number of carboxylic acid groups (broad SMARTS) is 1. The maximum atomic E-state index is 11.5. The van der Waals surface area contributed by atoms with Crippen LogP contribution in [0.25, 0.3) is 0 Å². The molecule has 0 unspecified atom stereocenters. The molecule has 78 valence electrons. The minimum atomic E-state index is -4.58. The average Bonchev–Trinajstić information content (AvgIpc) is 1.79. The Balaban J connectivity index is 4.13. The number of halogens is 3. The third kappa shape index (κ3) is 7.57. The van der Waals surface area contributed by atoms with Crippen LogP contribution in [0.5, 0.6) is 0 Å². The molecule has 0 aliphatic heterocycles. The molecule has 0 radical (unpaired) electrons. The van der Waals surface area contributed by atoms with Crippen molar-refractivity contribution in [2.75, 3.05) is 11.5 Å². The normalized spacial score (nSPS) is 12.8. The van der Waals surface area contributed by atoms with Crippen LogP contribution in [0, 0.1) is 0 Å². The average molecular weight is 220 g/mol. The Labute approximate surface area is 72.3 Å². The van der Waals surface area contributed by atoms with E-state index in [1.54, 1.807) is 0 Å². The molecule has 0 spiro atoms. The van der Waals surface area contributed by atoms with Crippen molar-refractivity contribution >= 4 is 15.8 Å². The van der Waals surface area contributed by atoms with E-state index in [1.165, 1.54) is 0 Å². The highest BCUT2D eigenvalue weighted by Crippen LogP contribution is 2.20. The summed E-state index contributed by atoms with van der Waals surface area (Å²) in [6, 6.07) is 0. The Bertz CT molecular complexity index is 279. The van der Waals surface area contributed by atoms with Gasteiger partial charge in [0.05, 0.1) is 12.2 Å². The lowest BCUT2D eigenvalue weighted by Gasteiger charge is -2.05. The Morgan fingerprint density at radius 2 is 1.77 bits per heavy atom. The minimum Gasteiger partial charge on any atom is -0.480 e. The van der Waals surface area contributed by atoms with E-state index in [1.807, 2.05) is 0 Å². The largest absolute Gasteiger partial charge is 0.480 e. The summed E-state index contributed by atoms with van der Waals surface area (Å²) in [4.78, 5) is 9.88. The summed E-state index contributed by atoms with van der Waals surface area (Å²) in [6.45, 7) is 0. The molecule has 0 heterocycles. The molecule has 0 aliphatic carbocycles. The van der Waals surface area contributed by atoms with Gasteiger partial charge in [-0.2, -0.15) is 13.2 Å². The van der Waals surface area contributed by atoms with Crippen LogP contribution in [0.4, 0.5) is 13.2 Å². The molecule has 0 amide bonds. The van der Waals surface area contributed by atoms with E-state index in [0.29, 0.717) is 0 Å². The number of hydrogen-bond acceptors (Lipinski definition) is 3. The molecular formula is C5H7F3O4S. The van der Waals surface area contributed by atoms with Crippen LogP contribution >= 0.6 is 0 Å². The number of carbonyl (C=O) groups is 1. The van der Waals surface area contributed by atoms with Gasteiger partial charge in [-0.25, -0.2) is 8.42 Å². The monoisotopic (exact) mass is 220 g/mol. The molecule has 8 heteroatoms. The predicted octanol–water partition coefficient (Wildman–Crippen LogP) is 0.438. The number of aliphatic carboxylic acids is 1. The second-order valence-electron chi connectivity index (χ2n) is 2.35. The van der Waals surface area contributed by atoms with Gasteiger partial charge in [-0.3, -0.25) is 4.79 Å². The lowest BCUT2D eigenvalue weighted by atomic mass is 10.5. The van der Waals surface area contributed by atoms with Crippen LogP contribution in [0.15, 0.2) is 0 Å². The summed E-state index contributed by atoms with van der Waals surface area (Å²) in [5.74, 6) is -4.09. The SMILES string of the molecule is O=C(O)CS(=O)(=O)CCC(F)(F)F. The number of carboxylic acids is 1. The molecule has 0 rings (SSSR count). The topological polar surface area (TPSA) is 71.4 Å². The molecule has 1 N–H and O–H groups in total. The Hall–Kier alpha value is -0.790. The smallest absolute Gasteiger partial charge is 0.390 e. The fourth-order valence-electron chi connectivity index (χ4n) is 0.532. The van der Waals surface area contributed by atoms with Gasteiger partial charge in [0.15, 0.2) is 9.84 Å². The van der Waals surface area contributed by atoms with Crippen LogP contribution in [-0.4, -0.2) is 37.2 Å². The van der Waals surface area contributed by atoms with Crippen LogP contribution in [0.1, 0.15) is 6.42 Å². The molecule has 0 aromatic carbocycles. The van der Waals surface area contributed by atoms with Gasteiger partial charge in [0.2, 0.25) is 0 Å². The fourth-order valence-corrected chi connectivity index (χ4v) is 1.59. The molecule has 0 aliphatic rings. The summed E-state index contributed by atoms with van der Waals surface area (Å²) < 4.78 is 55.7. The number of alkyl halides is 3. The molecule has 0 atom stereocenters. The molecule has 0 aromatic heterocycles. The van der Waals surface area contributed by atoms with Crippen molar-refractivity contribution in [3.8, 4) is 0 Å². The first-order valence-corrected chi connectivity index (χ1v) is 4.93. The minimum absolute atomic E-state index is 1.18. The van der Waals surface area contributed by atoms with Gasteiger partial charge in [-0.05, 0) is 0 Å². The maximum absolute atomic E-state index is 11.5. The van der Waals surface area contributed by atoms with Crippen LogP contribution < -0.4 is 0 Å². The first-order valence-electron chi connectivity index (χ1n) is 3.11. The Kier molecular flexibility index (Phi) is 3.71. The predicted molar refractivity (Wildman–Crippen MR) is 37.0 cm³/mol. The lowest BCUT2D eigenvalue weighted by Crippen LogP contribution is -2.22. The Morgan fingerprint density at radius 3 is 2.08 bits per heavy atom. The van der Waals surface area contributed by atoms with Crippen molar-refractivity contribution in [2.45, 2.75) is 12.6 Å². The van der Waals surface area contributed by atoms with Crippen LogP contribution in [0.3, 0.4) is 0 Å². The maximum Gasteiger partial charge on any atom is 0.390 e. The zero-order chi connectivity index (χ0) is 10.7. The van der Waals surface area contributed by atoms with Crippen LogP contribution in [0.2, 0.25) is 0 Å². The standard InChI is InChI=1S/C5H7F3O4S/c6-5(7,8)1-2-13(11,12)3-4(9)10/h1-3H2,(H,9,10). The summed E-state index contributed by atoms with van der Waals surface area (Å²) in [6.07, 6.45) is -6.09. The van der Waals surface area contributed by atoms with Gasteiger partial charge in [0.1, 0.15) is 5.75 Å². The number of sulfone groups is 1.